The van der Waals surface area contributed by atoms with Gasteiger partial charge in [-0.3, -0.25) is 9.78 Å². The van der Waals surface area contributed by atoms with E-state index in [9.17, 15) is 4.79 Å². The molecule has 0 bridgehead atoms. The maximum absolute atomic E-state index is 13.1. The highest BCUT2D eigenvalue weighted by atomic mass is 16.1. The molecule has 0 aliphatic heterocycles. The lowest BCUT2D eigenvalue weighted by atomic mass is 9.94. The monoisotopic (exact) mass is 402 g/mol. The number of benzene rings is 1. The van der Waals surface area contributed by atoms with Crippen molar-refractivity contribution >= 4 is 16.8 Å². The summed E-state index contributed by atoms with van der Waals surface area (Å²) in [5, 5.41) is 4.01. The SMILES string of the molecule is Cc1ccc2nc(-c3ccccn3)cc(C(=O)NCCN(C)C3CCCCC3)c2c1. The Morgan fingerprint density at radius 2 is 1.93 bits per heavy atom. The maximum Gasteiger partial charge on any atom is 0.252 e. The number of pyridine rings is 2. The van der Waals surface area contributed by atoms with Gasteiger partial charge in [-0.15, -0.1) is 0 Å². The lowest BCUT2D eigenvalue weighted by Gasteiger charge is -2.31. The van der Waals surface area contributed by atoms with E-state index in [1.807, 2.05) is 49.4 Å². The van der Waals surface area contributed by atoms with Crippen LogP contribution in [0.4, 0.5) is 0 Å². The van der Waals surface area contributed by atoms with Gasteiger partial charge in [0.25, 0.3) is 5.91 Å². The molecule has 1 aliphatic carbocycles. The first kappa shape index (κ1) is 20.5. The number of rotatable bonds is 6. The molecule has 156 valence electrons. The van der Waals surface area contributed by atoms with Crippen molar-refractivity contribution < 1.29 is 4.79 Å². The highest BCUT2D eigenvalue weighted by Crippen LogP contribution is 2.25. The Morgan fingerprint density at radius 1 is 1.10 bits per heavy atom. The molecule has 1 amide bonds. The smallest absolute Gasteiger partial charge is 0.252 e. The molecule has 0 spiro atoms. The third kappa shape index (κ3) is 4.68. The molecule has 1 N–H and O–H groups in total. The Labute approximate surface area is 178 Å². The van der Waals surface area contributed by atoms with Gasteiger partial charge >= 0.3 is 0 Å². The minimum Gasteiger partial charge on any atom is -0.351 e. The van der Waals surface area contributed by atoms with Crippen LogP contribution >= 0.6 is 0 Å². The number of aryl methyl sites for hydroxylation is 1. The standard InChI is InChI=1S/C25H30N4O/c1-18-11-12-22-20(16-18)21(17-24(28-22)23-10-6-7-13-26-23)25(30)27-14-15-29(2)19-8-4-3-5-9-19/h6-7,10-13,16-17,19H,3-5,8-9,14-15H2,1-2H3,(H,27,30). The normalized spacial score (nSPS) is 14.9. The van der Waals surface area contributed by atoms with Crippen molar-refractivity contribution in [2.45, 2.75) is 45.1 Å². The van der Waals surface area contributed by atoms with E-state index in [2.05, 4.69) is 22.2 Å². The van der Waals surface area contributed by atoms with Gasteiger partial charge < -0.3 is 10.2 Å². The van der Waals surface area contributed by atoms with Crippen LogP contribution in [0.3, 0.4) is 0 Å². The van der Waals surface area contributed by atoms with Crippen LogP contribution < -0.4 is 5.32 Å². The highest BCUT2D eigenvalue weighted by Gasteiger charge is 2.18. The number of nitrogens with one attached hydrogen (secondary N) is 1. The minimum absolute atomic E-state index is 0.0535. The van der Waals surface area contributed by atoms with Crippen molar-refractivity contribution in [2.75, 3.05) is 20.1 Å². The van der Waals surface area contributed by atoms with Crippen molar-refractivity contribution in [3.05, 3.63) is 59.8 Å². The van der Waals surface area contributed by atoms with Crippen LogP contribution in [0.1, 0.15) is 48.0 Å². The summed E-state index contributed by atoms with van der Waals surface area (Å²) < 4.78 is 0. The van der Waals surface area contributed by atoms with Gasteiger partial charge in [0, 0.05) is 30.7 Å². The van der Waals surface area contributed by atoms with Crippen molar-refractivity contribution in [2.24, 2.45) is 0 Å². The molecule has 4 rings (SSSR count). The zero-order valence-corrected chi connectivity index (χ0v) is 17.9. The first-order chi connectivity index (χ1) is 14.6. The summed E-state index contributed by atoms with van der Waals surface area (Å²) in [6.45, 7) is 3.54. The Balaban J connectivity index is 1.54. The Kier molecular flexibility index (Phi) is 6.38. The van der Waals surface area contributed by atoms with Gasteiger partial charge in [-0.05, 0) is 57.1 Å². The molecule has 1 aromatic carbocycles. The summed E-state index contributed by atoms with van der Waals surface area (Å²) in [7, 11) is 2.17. The summed E-state index contributed by atoms with van der Waals surface area (Å²) in [5.41, 5.74) is 4.07. The summed E-state index contributed by atoms with van der Waals surface area (Å²) in [6, 6.07) is 14.3. The topological polar surface area (TPSA) is 58.1 Å². The van der Waals surface area contributed by atoms with E-state index in [0.717, 1.165) is 34.4 Å². The number of hydrogen-bond donors (Lipinski definition) is 1. The van der Waals surface area contributed by atoms with E-state index >= 15 is 0 Å². The zero-order chi connectivity index (χ0) is 20.9. The van der Waals surface area contributed by atoms with Gasteiger partial charge in [0.2, 0.25) is 0 Å². The van der Waals surface area contributed by atoms with E-state index < -0.39 is 0 Å². The van der Waals surface area contributed by atoms with E-state index in [1.54, 1.807) is 6.20 Å². The third-order valence-electron chi connectivity index (χ3n) is 6.08. The molecular weight excluding hydrogens is 372 g/mol. The molecule has 1 saturated carbocycles. The number of carbonyl (C=O) groups is 1. The van der Waals surface area contributed by atoms with Crippen molar-refractivity contribution in [3.8, 4) is 11.4 Å². The van der Waals surface area contributed by atoms with Crippen LogP contribution in [0.2, 0.25) is 0 Å². The maximum atomic E-state index is 13.1. The molecule has 3 aromatic rings. The van der Waals surface area contributed by atoms with E-state index in [-0.39, 0.29) is 5.91 Å². The number of hydrogen-bond acceptors (Lipinski definition) is 4. The van der Waals surface area contributed by atoms with Gasteiger partial charge in [0.15, 0.2) is 0 Å². The zero-order valence-electron chi connectivity index (χ0n) is 17.9. The average Bonchev–Trinajstić information content (AvgIpc) is 2.79. The van der Waals surface area contributed by atoms with Gasteiger partial charge in [-0.1, -0.05) is 37.0 Å². The van der Waals surface area contributed by atoms with Crippen LogP contribution in [0.15, 0.2) is 48.7 Å². The summed E-state index contributed by atoms with van der Waals surface area (Å²) >= 11 is 0. The highest BCUT2D eigenvalue weighted by molar-refractivity contribution is 6.07. The van der Waals surface area contributed by atoms with Crippen molar-refractivity contribution in [3.63, 3.8) is 0 Å². The first-order valence-corrected chi connectivity index (χ1v) is 10.9. The third-order valence-corrected chi connectivity index (χ3v) is 6.08. The number of nitrogens with zero attached hydrogens (tertiary/aromatic N) is 3. The lowest BCUT2D eigenvalue weighted by Crippen LogP contribution is -2.39. The molecule has 0 unspecified atom stereocenters. The fourth-order valence-electron chi connectivity index (χ4n) is 4.32. The number of carbonyl (C=O) groups excluding carboxylic acids is 1. The number of likely N-dealkylation sites (N-methyl/N-ethyl adjacent to an activating group) is 1. The van der Waals surface area contributed by atoms with Crippen molar-refractivity contribution in [1.82, 2.24) is 20.2 Å². The van der Waals surface area contributed by atoms with Gasteiger partial charge in [-0.25, -0.2) is 4.98 Å². The van der Waals surface area contributed by atoms with Crippen LogP contribution in [-0.4, -0.2) is 47.0 Å². The summed E-state index contributed by atoms with van der Waals surface area (Å²) in [6.07, 6.45) is 8.28. The molecule has 2 heterocycles. The second kappa shape index (κ2) is 9.35. The molecule has 5 nitrogen and oxygen atoms in total. The molecule has 0 radical (unpaired) electrons. The quantitative estimate of drug-likeness (QED) is 0.655. The molecule has 5 heteroatoms. The molecule has 0 atom stereocenters. The van der Waals surface area contributed by atoms with Gasteiger partial charge in [0.1, 0.15) is 0 Å². The lowest BCUT2D eigenvalue weighted by molar-refractivity contribution is 0.0946. The number of fused-ring (bicyclic) bond motifs is 1. The molecule has 2 aromatic heterocycles. The largest absolute Gasteiger partial charge is 0.351 e. The molecule has 30 heavy (non-hydrogen) atoms. The van der Waals surface area contributed by atoms with Crippen molar-refractivity contribution in [1.29, 1.82) is 0 Å². The molecule has 0 saturated heterocycles. The second-order valence-electron chi connectivity index (χ2n) is 8.32. The minimum atomic E-state index is -0.0535. The fraction of sp³-hybridized carbons (Fsp3) is 0.400. The summed E-state index contributed by atoms with van der Waals surface area (Å²) in [4.78, 5) is 24.7. The van der Waals surface area contributed by atoms with Gasteiger partial charge in [-0.2, -0.15) is 0 Å². The van der Waals surface area contributed by atoms with Crippen LogP contribution in [-0.2, 0) is 0 Å². The van der Waals surface area contributed by atoms with Crippen LogP contribution in [0, 0.1) is 6.92 Å². The number of aromatic nitrogens is 2. The summed E-state index contributed by atoms with van der Waals surface area (Å²) in [5.74, 6) is -0.0535. The Morgan fingerprint density at radius 3 is 2.70 bits per heavy atom. The van der Waals surface area contributed by atoms with Gasteiger partial charge in [0.05, 0.1) is 22.5 Å². The van der Waals surface area contributed by atoms with E-state index in [4.69, 9.17) is 4.98 Å². The molecule has 1 aliphatic rings. The predicted molar refractivity (Wildman–Crippen MR) is 122 cm³/mol. The second-order valence-corrected chi connectivity index (χ2v) is 8.32. The molecular formula is C25H30N4O. The number of amides is 1. The van der Waals surface area contributed by atoms with E-state index in [1.165, 1.54) is 32.1 Å². The van der Waals surface area contributed by atoms with E-state index in [0.29, 0.717) is 18.2 Å². The molecule has 1 fully saturated rings. The average molecular weight is 403 g/mol. The predicted octanol–water partition coefficient (Wildman–Crippen LogP) is 4.60. The van der Waals surface area contributed by atoms with Crippen LogP contribution in [0.5, 0.6) is 0 Å². The van der Waals surface area contributed by atoms with Crippen LogP contribution in [0.25, 0.3) is 22.3 Å². The first-order valence-electron chi connectivity index (χ1n) is 10.9. The fourth-order valence-corrected chi connectivity index (χ4v) is 4.32. The Hall–Kier alpha value is -2.79. The Bertz CT molecular complexity index is 1010.